The van der Waals surface area contributed by atoms with Crippen molar-refractivity contribution in [1.82, 2.24) is 9.88 Å². The summed E-state index contributed by atoms with van der Waals surface area (Å²) < 4.78 is 12.4. The summed E-state index contributed by atoms with van der Waals surface area (Å²) in [5.41, 5.74) is 5.39. The van der Waals surface area contributed by atoms with Gasteiger partial charge in [-0.2, -0.15) is 0 Å². The van der Waals surface area contributed by atoms with Gasteiger partial charge in [0.15, 0.2) is 6.61 Å². The minimum Gasteiger partial charge on any atom is -0.483 e. The largest absolute Gasteiger partial charge is 0.483 e. The monoisotopic (exact) mass is 473 g/mol. The lowest BCUT2D eigenvalue weighted by Gasteiger charge is -2.26. The van der Waals surface area contributed by atoms with Gasteiger partial charge < -0.3 is 19.7 Å². The number of nitrogens with zero attached hydrogens (tertiary/aromatic N) is 2. The number of nitrogens with one attached hydrogen (secondary N) is 1. The number of benzene rings is 3. The number of para-hydroxylation sites is 1. The third-order valence-corrected chi connectivity index (χ3v) is 6.93. The highest BCUT2D eigenvalue weighted by atomic mass is 32.1. The lowest BCUT2D eigenvalue weighted by Crippen LogP contribution is -2.43. The average molecular weight is 474 g/mol. The zero-order valence-electron chi connectivity index (χ0n) is 19.1. The Morgan fingerprint density at radius 1 is 1.09 bits per heavy atom. The minimum absolute atomic E-state index is 0.00772. The van der Waals surface area contributed by atoms with Gasteiger partial charge in [-0.3, -0.25) is 4.79 Å². The van der Waals surface area contributed by atoms with Crippen LogP contribution in [0.4, 0.5) is 5.69 Å². The van der Waals surface area contributed by atoms with Gasteiger partial charge in [-0.1, -0.05) is 24.3 Å². The van der Waals surface area contributed by atoms with Crippen molar-refractivity contribution in [3.8, 4) is 16.3 Å². The van der Waals surface area contributed by atoms with E-state index < -0.39 is 0 Å². The van der Waals surface area contributed by atoms with Crippen molar-refractivity contribution in [2.24, 2.45) is 0 Å². The molecule has 1 amide bonds. The summed E-state index contributed by atoms with van der Waals surface area (Å²) in [6, 6.07) is 22.5. The number of rotatable bonds is 7. The van der Waals surface area contributed by atoms with Crippen LogP contribution in [-0.2, 0) is 16.1 Å². The number of hydrogen-bond acceptors (Lipinski definition) is 6. The lowest BCUT2D eigenvalue weighted by molar-refractivity contribution is -0.137. The van der Waals surface area contributed by atoms with Crippen LogP contribution < -0.4 is 10.1 Å². The van der Waals surface area contributed by atoms with Crippen molar-refractivity contribution < 1.29 is 14.3 Å². The molecule has 0 spiro atoms. The molecule has 2 heterocycles. The molecule has 0 saturated carbocycles. The molecule has 1 N–H and O–H groups in total. The summed E-state index contributed by atoms with van der Waals surface area (Å²) in [4.78, 5) is 19.0. The van der Waals surface area contributed by atoms with E-state index in [2.05, 4.69) is 54.7 Å². The highest BCUT2D eigenvalue weighted by Gasteiger charge is 2.17. The van der Waals surface area contributed by atoms with Crippen LogP contribution in [0.25, 0.3) is 20.8 Å². The number of hydrogen-bond donors (Lipinski definition) is 1. The van der Waals surface area contributed by atoms with Gasteiger partial charge in [0.25, 0.3) is 5.91 Å². The number of carbonyl (C=O) groups excluding carboxylic acids is 1. The second-order valence-electron chi connectivity index (χ2n) is 8.31. The fraction of sp³-hybridized carbons (Fsp3) is 0.259. The highest BCUT2D eigenvalue weighted by molar-refractivity contribution is 7.21. The van der Waals surface area contributed by atoms with Crippen LogP contribution in [0.15, 0.2) is 66.7 Å². The number of aryl methyl sites for hydroxylation is 1. The van der Waals surface area contributed by atoms with Gasteiger partial charge in [0.1, 0.15) is 10.8 Å². The first-order chi connectivity index (χ1) is 16.7. The van der Waals surface area contributed by atoms with E-state index in [1.807, 2.05) is 24.3 Å². The van der Waals surface area contributed by atoms with Crippen LogP contribution in [0.1, 0.15) is 11.1 Å². The quantitative estimate of drug-likeness (QED) is 0.404. The summed E-state index contributed by atoms with van der Waals surface area (Å²) in [5.74, 6) is 0.713. The predicted molar refractivity (Wildman–Crippen MR) is 136 cm³/mol. The molecule has 1 aromatic heterocycles. The maximum absolute atomic E-state index is 12.4. The molecule has 6 nitrogen and oxygen atoms in total. The van der Waals surface area contributed by atoms with Gasteiger partial charge in [0.05, 0.1) is 23.4 Å². The molecule has 7 heteroatoms. The third kappa shape index (κ3) is 5.21. The normalized spacial score (nSPS) is 13.7. The van der Waals surface area contributed by atoms with Crippen molar-refractivity contribution in [2.75, 3.05) is 38.2 Å². The van der Waals surface area contributed by atoms with Gasteiger partial charge >= 0.3 is 0 Å². The smallest absolute Gasteiger partial charge is 0.260 e. The molecule has 1 aliphatic rings. The van der Waals surface area contributed by atoms with Crippen LogP contribution in [0, 0.1) is 6.92 Å². The van der Waals surface area contributed by atoms with Crippen LogP contribution in [0.3, 0.4) is 0 Å². The molecule has 34 heavy (non-hydrogen) atoms. The van der Waals surface area contributed by atoms with Crippen molar-refractivity contribution in [3.63, 3.8) is 0 Å². The number of anilines is 1. The van der Waals surface area contributed by atoms with Gasteiger partial charge in [0, 0.05) is 36.4 Å². The van der Waals surface area contributed by atoms with E-state index in [-0.39, 0.29) is 12.5 Å². The molecule has 3 aromatic carbocycles. The van der Waals surface area contributed by atoms with Crippen molar-refractivity contribution in [2.45, 2.75) is 13.5 Å². The Bertz CT molecular complexity index is 1280. The van der Waals surface area contributed by atoms with E-state index in [9.17, 15) is 4.79 Å². The van der Waals surface area contributed by atoms with E-state index >= 15 is 0 Å². The Balaban J connectivity index is 1.20. The Labute approximate surface area is 203 Å². The maximum atomic E-state index is 12.4. The molecule has 4 aromatic rings. The lowest BCUT2D eigenvalue weighted by atomic mass is 10.1. The van der Waals surface area contributed by atoms with Gasteiger partial charge in [-0.05, 0) is 55.0 Å². The Hall–Kier alpha value is -3.42. The first-order valence-corrected chi connectivity index (χ1v) is 12.2. The summed E-state index contributed by atoms with van der Waals surface area (Å²) in [5, 5.41) is 4.48. The van der Waals surface area contributed by atoms with Gasteiger partial charge in [-0.15, -0.1) is 11.3 Å². The van der Waals surface area contributed by atoms with Crippen molar-refractivity contribution in [1.29, 1.82) is 0 Å². The van der Waals surface area contributed by atoms with Crippen LogP contribution in [0.2, 0.25) is 0 Å². The summed E-state index contributed by atoms with van der Waals surface area (Å²) in [7, 11) is 0. The molecule has 0 radical (unpaired) electrons. The van der Waals surface area contributed by atoms with E-state index in [1.165, 1.54) is 10.3 Å². The zero-order valence-corrected chi connectivity index (χ0v) is 19.9. The molecule has 174 valence electrons. The molecule has 1 aliphatic heterocycles. The Morgan fingerprint density at radius 2 is 1.88 bits per heavy atom. The Kier molecular flexibility index (Phi) is 6.74. The fourth-order valence-corrected chi connectivity index (χ4v) is 4.87. The van der Waals surface area contributed by atoms with E-state index in [4.69, 9.17) is 14.5 Å². The number of ether oxygens (including phenoxy) is 2. The second kappa shape index (κ2) is 10.2. The van der Waals surface area contributed by atoms with Crippen molar-refractivity contribution in [3.05, 3.63) is 77.9 Å². The fourth-order valence-electron chi connectivity index (χ4n) is 3.92. The second-order valence-corrected chi connectivity index (χ2v) is 9.34. The first-order valence-electron chi connectivity index (χ1n) is 11.4. The number of carbonyl (C=O) groups is 1. The number of aromatic nitrogens is 1. The van der Waals surface area contributed by atoms with Gasteiger partial charge in [-0.25, -0.2) is 4.98 Å². The molecule has 1 fully saturated rings. The predicted octanol–water partition coefficient (Wildman–Crippen LogP) is 5.12. The first kappa shape index (κ1) is 22.4. The maximum Gasteiger partial charge on any atom is 0.260 e. The van der Waals surface area contributed by atoms with Crippen molar-refractivity contribution >= 4 is 33.1 Å². The molecule has 0 unspecified atom stereocenters. The summed E-state index contributed by atoms with van der Waals surface area (Å²) >= 11 is 1.71. The summed E-state index contributed by atoms with van der Waals surface area (Å²) in [6.07, 6.45) is 0. The van der Waals surface area contributed by atoms with E-state index in [0.29, 0.717) is 32.8 Å². The topological polar surface area (TPSA) is 63.7 Å². The molecule has 1 saturated heterocycles. The number of fused-ring (bicyclic) bond motifs is 1. The van der Waals surface area contributed by atoms with E-state index in [1.54, 1.807) is 16.2 Å². The highest BCUT2D eigenvalue weighted by Crippen LogP contribution is 2.31. The van der Waals surface area contributed by atoms with Crippen LogP contribution in [0.5, 0.6) is 5.75 Å². The number of thiazole rings is 1. The van der Waals surface area contributed by atoms with Gasteiger partial charge in [0.2, 0.25) is 0 Å². The standard InChI is InChI=1S/C27H27N3O3S/c1-19-6-11-25-23(16-19)29-27(34-25)20-7-9-22(10-8-20)28-17-21-4-2-3-5-24(21)33-18-26(31)30-12-14-32-15-13-30/h2-11,16,28H,12-15,17-18H2,1H3. The van der Waals surface area contributed by atoms with Crippen LogP contribution in [-0.4, -0.2) is 48.7 Å². The molecule has 0 atom stereocenters. The zero-order chi connectivity index (χ0) is 23.3. The number of amides is 1. The van der Waals surface area contributed by atoms with Crippen LogP contribution >= 0.6 is 11.3 Å². The average Bonchev–Trinajstić information content (AvgIpc) is 3.30. The molecule has 5 rings (SSSR count). The Morgan fingerprint density at radius 3 is 2.71 bits per heavy atom. The summed E-state index contributed by atoms with van der Waals surface area (Å²) in [6.45, 7) is 5.14. The third-order valence-electron chi connectivity index (χ3n) is 5.85. The number of morpholine rings is 1. The molecular formula is C27H27N3O3S. The molecule has 0 aliphatic carbocycles. The SMILES string of the molecule is Cc1ccc2sc(-c3ccc(NCc4ccccc4OCC(=O)N4CCOCC4)cc3)nc2c1. The molecule has 0 bridgehead atoms. The molecular weight excluding hydrogens is 446 g/mol. The van der Waals surface area contributed by atoms with E-state index in [0.717, 1.165) is 33.1 Å². The minimum atomic E-state index is -0.00772.